The summed E-state index contributed by atoms with van der Waals surface area (Å²) in [4.78, 5) is 4.08. The van der Waals surface area contributed by atoms with Crippen LogP contribution in [0.5, 0.6) is 0 Å². The van der Waals surface area contributed by atoms with Gasteiger partial charge >= 0.3 is 0 Å². The Balaban J connectivity index is 1.90. The molecular weight excluding hydrogens is 340 g/mol. The molecule has 130 valence electrons. The number of para-hydroxylation sites is 1. The van der Waals surface area contributed by atoms with Crippen molar-refractivity contribution in [1.29, 1.82) is 0 Å². The van der Waals surface area contributed by atoms with Gasteiger partial charge in [0.2, 0.25) is 0 Å². The van der Waals surface area contributed by atoms with Gasteiger partial charge in [-0.2, -0.15) is 13.5 Å². The smallest absolute Gasteiger partial charge is 0.281 e. The van der Waals surface area contributed by atoms with Crippen LogP contribution in [0.1, 0.15) is 12.5 Å². The molecule has 25 heavy (non-hydrogen) atoms. The van der Waals surface area contributed by atoms with E-state index < -0.39 is 15.4 Å². The average molecular weight is 358 g/mol. The van der Waals surface area contributed by atoms with Crippen molar-refractivity contribution in [3.63, 3.8) is 0 Å². The van der Waals surface area contributed by atoms with Gasteiger partial charge in [-0.15, -0.1) is 0 Å². The summed E-state index contributed by atoms with van der Waals surface area (Å²) in [6.07, 6.45) is 2.19. The first-order valence-corrected chi connectivity index (χ1v) is 9.39. The fourth-order valence-electron chi connectivity index (χ4n) is 3.31. The Kier molecular flexibility index (Phi) is 3.55. The monoisotopic (exact) mass is 358 g/mol. The molecule has 2 aromatic heterocycles. The number of fused-ring (bicyclic) bond motifs is 2. The van der Waals surface area contributed by atoms with Crippen LogP contribution in [0.15, 0.2) is 47.6 Å². The Morgan fingerprint density at radius 3 is 2.88 bits per heavy atom. The Labute approximate surface area is 145 Å². The van der Waals surface area contributed by atoms with E-state index in [1.807, 2.05) is 25.1 Å². The second-order valence-electron chi connectivity index (χ2n) is 6.71. The molecule has 8 heteroatoms. The minimum absolute atomic E-state index is 0.0209. The molecule has 0 saturated heterocycles. The number of hydrogen-bond acceptors (Lipinski definition) is 5. The van der Waals surface area contributed by atoms with Crippen molar-refractivity contribution in [2.75, 3.05) is 17.5 Å². The third kappa shape index (κ3) is 2.49. The number of nitrogens with zero attached hydrogens (tertiary/aromatic N) is 3. The second kappa shape index (κ2) is 5.53. The minimum atomic E-state index is -3.88. The number of nitrogens with one attached hydrogen (secondary N) is 1. The van der Waals surface area contributed by atoms with Crippen LogP contribution in [0.4, 0.5) is 5.69 Å². The Morgan fingerprint density at radius 1 is 1.28 bits per heavy atom. The number of pyridine rings is 1. The summed E-state index contributed by atoms with van der Waals surface area (Å²) in [6, 6.07) is 10.7. The fraction of sp³-hybridized carbons (Fsp3) is 0.294. The molecule has 1 aliphatic rings. The molecule has 1 aromatic carbocycles. The lowest BCUT2D eigenvalue weighted by Gasteiger charge is -2.40. The topological polar surface area (TPSA) is 99.2 Å². The average Bonchev–Trinajstić information content (AvgIpc) is 3.06. The van der Waals surface area contributed by atoms with E-state index in [1.54, 1.807) is 24.4 Å². The highest BCUT2D eigenvalue weighted by Gasteiger charge is 2.40. The van der Waals surface area contributed by atoms with Crippen LogP contribution in [0.2, 0.25) is 0 Å². The van der Waals surface area contributed by atoms with Crippen molar-refractivity contribution in [3.05, 3.63) is 48.2 Å². The quantitative estimate of drug-likeness (QED) is 0.742. The summed E-state index contributed by atoms with van der Waals surface area (Å²) in [5, 5.41) is 16.9. The van der Waals surface area contributed by atoms with Crippen LogP contribution >= 0.6 is 0 Å². The molecular formula is C17H18N4O3S. The maximum atomic E-state index is 13.4. The maximum Gasteiger partial charge on any atom is 0.281 e. The number of aliphatic hydroxyl groups excluding tert-OH is 1. The maximum absolute atomic E-state index is 13.4. The van der Waals surface area contributed by atoms with Crippen molar-refractivity contribution in [2.24, 2.45) is 5.41 Å². The van der Waals surface area contributed by atoms with E-state index in [9.17, 15) is 13.5 Å². The number of aliphatic hydroxyl groups is 1. The van der Waals surface area contributed by atoms with Crippen LogP contribution in [0.3, 0.4) is 0 Å². The molecule has 0 aliphatic carbocycles. The normalized spacial score (nSPS) is 20.6. The van der Waals surface area contributed by atoms with Gasteiger partial charge in [0.25, 0.3) is 10.0 Å². The zero-order valence-electron chi connectivity index (χ0n) is 13.7. The first kappa shape index (κ1) is 16.0. The molecule has 0 saturated carbocycles. The van der Waals surface area contributed by atoms with Gasteiger partial charge in [0, 0.05) is 18.2 Å². The number of aromatic amines is 1. The molecule has 0 bridgehead atoms. The Morgan fingerprint density at radius 2 is 2.08 bits per heavy atom. The summed E-state index contributed by atoms with van der Waals surface area (Å²) in [5.41, 5.74) is 1.35. The van der Waals surface area contributed by atoms with E-state index in [-0.39, 0.29) is 18.2 Å². The summed E-state index contributed by atoms with van der Waals surface area (Å²) in [7, 11) is -3.88. The number of rotatable bonds is 3. The lowest BCUT2D eigenvalue weighted by atomic mass is 9.81. The lowest BCUT2D eigenvalue weighted by Crippen LogP contribution is -2.47. The van der Waals surface area contributed by atoms with Gasteiger partial charge in [-0.25, -0.2) is 4.98 Å². The van der Waals surface area contributed by atoms with Crippen molar-refractivity contribution in [3.8, 4) is 0 Å². The first-order valence-electron chi connectivity index (χ1n) is 7.95. The predicted molar refractivity (Wildman–Crippen MR) is 93.8 cm³/mol. The van der Waals surface area contributed by atoms with Crippen LogP contribution in [0.25, 0.3) is 11.0 Å². The number of aromatic nitrogens is 3. The van der Waals surface area contributed by atoms with Crippen LogP contribution in [-0.2, 0) is 16.4 Å². The molecule has 0 spiro atoms. The summed E-state index contributed by atoms with van der Waals surface area (Å²) in [6.45, 7) is 1.99. The van der Waals surface area contributed by atoms with Gasteiger partial charge in [-0.1, -0.05) is 25.1 Å². The molecule has 0 fully saturated rings. The third-order valence-corrected chi connectivity index (χ3v) is 6.36. The Hall–Kier alpha value is -2.45. The zero-order chi connectivity index (χ0) is 17.7. The van der Waals surface area contributed by atoms with E-state index >= 15 is 0 Å². The van der Waals surface area contributed by atoms with E-state index in [0.717, 1.165) is 5.56 Å². The fourth-order valence-corrected chi connectivity index (χ4v) is 5.04. The summed E-state index contributed by atoms with van der Waals surface area (Å²) >= 11 is 0. The highest BCUT2D eigenvalue weighted by Crippen LogP contribution is 2.39. The highest BCUT2D eigenvalue weighted by molar-refractivity contribution is 7.93. The number of anilines is 1. The summed E-state index contributed by atoms with van der Waals surface area (Å²) < 4.78 is 28.1. The zero-order valence-corrected chi connectivity index (χ0v) is 14.5. The predicted octanol–water partition coefficient (Wildman–Crippen LogP) is 1.71. The molecule has 2 N–H and O–H groups in total. The van der Waals surface area contributed by atoms with Gasteiger partial charge in [0.15, 0.2) is 10.7 Å². The van der Waals surface area contributed by atoms with Gasteiger partial charge in [-0.05, 0) is 30.2 Å². The molecule has 1 atom stereocenters. The molecule has 1 unspecified atom stereocenters. The Bertz CT molecular complexity index is 1050. The molecule has 7 nitrogen and oxygen atoms in total. The molecule has 3 heterocycles. The van der Waals surface area contributed by atoms with Gasteiger partial charge in [0.05, 0.1) is 17.7 Å². The van der Waals surface area contributed by atoms with Crippen LogP contribution < -0.4 is 4.31 Å². The number of H-pyrrole nitrogens is 1. The SMILES string of the molecule is CC1(CO)Cc2ccccc2N(S(=O)(=O)c2[nH]nc3ncccc23)C1. The standard InChI is InChI=1S/C17H18N4O3S/c1-17(11-22)9-12-5-2-3-7-14(12)21(10-17)25(23,24)16-13-6-4-8-18-15(13)19-20-16/h2-8,22H,9-11H2,1H3,(H,18,19,20). The lowest BCUT2D eigenvalue weighted by molar-refractivity contribution is 0.146. The van der Waals surface area contributed by atoms with Crippen molar-refractivity contribution in [1.82, 2.24) is 15.2 Å². The van der Waals surface area contributed by atoms with Crippen molar-refractivity contribution < 1.29 is 13.5 Å². The third-order valence-electron chi connectivity index (χ3n) is 4.63. The van der Waals surface area contributed by atoms with Crippen molar-refractivity contribution in [2.45, 2.75) is 18.4 Å². The number of benzene rings is 1. The molecule has 3 aromatic rings. The molecule has 0 amide bonds. The van der Waals surface area contributed by atoms with Crippen LogP contribution in [0, 0.1) is 5.41 Å². The van der Waals surface area contributed by atoms with Gasteiger partial charge < -0.3 is 5.11 Å². The summed E-state index contributed by atoms with van der Waals surface area (Å²) in [5.74, 6) is 0. The van der Waals surface area contributed by atoms with E-state index in [1.165, 1.54) is 4.31 Å². The van der Waals surface area contributed by atoms with E-state index in [0.29, 0.717) is 23.1 Å². The molecule has 1 aliphatic heterocycles. The van der Waals surface area contributed by atoms with E-state index in [4.69, 9.17) is 0 Å². The van der Waals surface area contributed by atoms with Crippen molar-refractivity contribution >= 4 is 26.7 Å². The van der Waals surface area contributed by atoms with Gasteiger partial charge in [0.1, 0.15) is 0 Å². The first-order chi connectivity index (χ1) is 11.9. The molecule has 0 radical (unpaired) electrons. The highest BCUT2D eigenvalue weighted by atomic mass is 32.2. The number of sulfonamides is 1. The van der Waals surface area contributed by atoms with Crippen LogP contribution in [-0.4, -0.2) is 41.9 Å². The largest absolute Gasteiger partial charge is 0.396 e. The van der Waals surface area contributed by atoms with E-state index in [2.05, 4.69) is 15.2 Å². The van der Waals surface area contributed by atoms with Gasteiger partial charge in [-0.3, -0.25) is 9.40 Å². The number of hydrogen-bond donors (Lipinski definition) is 2. The molecule has 4 rings (SSSR count). The second-order valence-corrected chi connectivity index (χ2v) is 8.51. The minimum Gasteiger partial charge on any atom is -0.396 e.